The van der Waals surface area contributed by atoms with Gasteiger partial charge in [-0.1, -0.05) is 18.4 Å². The number of rotatable bonds is 2. The second-order valence-corrected chi connectivity index (χ2v) is 9.01. The van der Waals surface area contributed by atoms with Gasteiger partial charge in [-0.15, -0.1) is 0 Å². The van der Waals surface area contributed by atoms with Crippen molar-refractivity contribution in [1.82, 2.24) is 0 Å². The van der Waals surface area contributed by atoms with Gasteiger partial charge in [-0.2, -0.15) is 13.2 Å². The first-order chi connectivity index (χ1) is 13.8. The van der Waals surface area contributed by atoms with E-state index in [9.17, 15) is 22.8 Å². The van der Waals surface area contributed by atoms with E-state index in [0.717, 1.165) is 32.1 Å². The summed E-state index contributed by atoms with van der Waals surface area (Å²) in [5, 5.41) is 0. The number of carbonyl (C=O) groups is 2. The van der Waals surface area contributed by atoms with Crippen LogP contribution in [0.2, 0.25) is 0 Å². The number of ether oxygens (including phenoxy) is 1. The van der Waals surface area contributed by atoms with Crippen molar-refractivity contribution in [3.63, 3.8) is 0 Å². The topological polar surface area (TPSA) is 43.4 Å². The van der Waals surface area contributed by atoms with Gasteiger partial charge in [-0.05, 0) is 74.2 Å². The molecule has 4 aliphatic rings. The second kappa shape index (κ2) is 7.81. The van der Waals surface area contributed by atoms with Crippen molar-refractivity contribution in [2.45, 2.75) is 70.6 Å². The average Bonchev–Trinajstić information content (AvgIpc) is 3.02. The molecule has 0 radical (unpaired) electrons. The van der Waals surface area contributed by atoms with Crippen molar-refractivity contribution in [2.24, 2.45) is 35.5 Å². The monoisotopic (exact) mass is 408 g/mol. The van der Waals surface area contributed by atoms with E-state index < -0.39 is 18.2 Å². The van der Waals surface area contributed by atoms with Crippen molar-refractivity contribution in [2.75, 3.05) is 0 Å². The van der Waals surface area contributed by atoms with E-state index >= 15 is 0 Å². The number of carbonyl (C=O) groups excluding carboxylic acids is 2. The lowest BCUT2D eigenvalue weighted by Gasteiger charge is -2.49. The molecule has 4 aliphatic carbocycles. The van der Waals surface area contributed by atoms with Gasteiger partial charge in [0.15, 0.2) is 5.78 Å². The van der Waals surface area contributed by atoms with Crippen LogP contribution in [0.5, 0.6) is 0 Å². The number of hydrogen-bond donors (Lipinski definition) is 0. The van der Waals surface area contributed by atoms with E-state index in [1.54, 1.807) is 6.92 Å². The van der Waals surface area contributed by atoms with Crippen molar-refractivity contribution in [3.8, 4) is 11.8 Å². The quantitative estimate of drug-likeness (QED) is 0.485. The number of hydrogen-bond acceptors (Lipinski definition) is 3. The third kappa shape index (κ3) is 4.11. The zero-order valence-corrected chi connectivity index (χ0v) is 16.6. The predicted molar refractivity (Wildman–Crippen MR) is 100 cm³/mol. The molecule has 0 aliphatic heterocycles. The molecular weight excluding hydrogens is 381 g/mol. The Balaban J connectivity index is 1.58. The van der Waals surface area contributed by atoms with E-state index in [2.05, 4.69) is 5.92 Å². The van der Waals surface area contributed by atoms with Gasteiger partial charge >= 0.3 is 12.1 Å². The van der Waals surface area contributed by atoms with Gasteiger partial charge in [-0.25, -0.2) is 0 Å². The summed E-state index contributed by atoms with van der Waals surface area (Å²) in [6.07, 6.45) is 2.73. The number of alkyl halides is 3. The molecule has 0 spiro atoms. The van der Waals surface area contributed by atoms with Gasteiger partial charge in [-0.3, -0.25) is 9.59 Å². The number of halogens is 3. The highest BCUT2D eigenvalue weighted by molar-refractivity contribution is 5.91. The van der Waals surface area contributed by atoms with Crippen LogP contribution in [0, 0.1) is 47.3 Å². The van der Waals surface area contributed by atoms with E-state index in [1.807, 2.05) is 6.08 Å². The fourth-order valence-electron chi connectivity index (χ4n) is 6.55. The van der Waals surface area contributed by atoms with Gasteiger partial charge in [0.25, 0.3) is 0 Å². The summed E-state index contributed by atoms with van der Waals surface area (Å²) in [6, 6.07) is 0. The van der Waals surface area contributed by atoms with Crippen LogP contribution in [-0.4, -0.2) is 24.0 Å². The minimum Gasteiger partial charge on any atom is -0.461 e. The highest BCUT2D eigenvalue weighted by Crippen LogP contribution is 2.58. The van der Waals surface area contributed by atoms with Gasteiger partial charge in [0.2, 0.25) is 0 Å². The zero-order chi connectivity index (χ0) is 20.8. The third-order valence-corrected chi connectivity index (χ3v) is 7.61. The molecule has 7 atom stereocenters. The highest BCUT2D eigenvalue weighted by atomic mass is 19.4. The van der Waals surface area contributed by atoms with Crippen molar-refractivity contribution in [3.05, 3.63) is 11.6 Å². The summed E-state index contributed by atoms with van der Waals surface area (Å²) in [4.78, 5) is 23.7. The van der Waals surface area contributed by atoms with Gasteiger partial charge in [0.05, 0.1) is 5.92 Å². The Labute approximate surface area is 169 Å². The summed E-state index contributed by atoms with van der Waals surface area (Å²) < 4.78 is 43.8. The van der Waals surface area contributed by atoms with Crippen LogP contribution in [0.4, 0.5) is 13.2 Å². The Morgan fingerprint density at radius 1 is 1.10 bits per heavy atom. The summed E-state index contributed by atoms with van der Waals surface area (Å²) in [5.74, 6) is 4.85. The second-order valence-electron chi connectivity index (χ2n) is 9.01. The first-order valence-electron chi connectivity index (χ1n) is 10.8. The van der Waals surface area contributed by atoms with Gasteiger partial charge in [0.1, 0.15) is 6.10 Å². The van der Waals surface area contributed by atoms with Crippen molar-refractivity contribution in [1.29, 1.82) is 0 Å². The summed E-state index contributed by atoms with van der Waals surface area (Å²) in [7, 11) is 0. The van der Waals surface area contributed by atoms with E-state index in [1.165, 1.54) is 11.5 Å². The first kappa shape index (κ1) is 20.5. The fourth-order valence-corrected chi connectivity index (χ4v) is 6.55. The third-order valence-electron chi connectivity index (χ3n) is 7.61. The molecule has 1 unspecified atom stereocenters. The maximum absolute atomic E-state index is 12.8. The van der Waals surface area contributed by atoms with Crippen LogP contribution < -0.4 is 0 Å². The lowest BCUT2D eigenvalue weighted by molar-refractivity contribution is -0.149. The molecule has 6 heteroatoms. The van der Waals surface area contributed by atoms with Crippen LogP contribution in [-0.2, 0) is 14.3 Å². The van der Waals surface area contributed by atoms with Crippen LogP contribution >= 0.6 is 0 Å². The minimum atomic E-state index is -4.53. The predicted octanol–water partition coefficient (Wildman–Crippen LogP) is 4.85. The Morgan fingerprint density at radius 3 is 2.59 bits per heavy atom. The minimum absolute atomic E-state index is 0.0523. The molecule has 0 bridgehead atoms. The molecule has 0 N–H and O–H groups in total. The fraction of sp³-hybridized carbons (Fsp3) is 0.739. The molecule has 0 heterocycles. The highest BCUT2D eigenvalue weighted by Gasteiger charge is 2.54. The summed E-state index contributed by atoms with van der Waals surface area (Å²) in [6.45, 7) is 1.69. The van der Waals surface area contributed by atoms with Crippen LogP contribution in [0.3, 0.4) is 0 Å². The maximum atomic E-state index is 12.8. The Kier molecular flexibility index (Phi) is 5.52. The largest absolute Gasteiger partial charge is 0.461 e. The van der Waals surface area contributed by atoms with Crippen LogP contribution in [0.25, 0.3) is 0 Å². The van der Waals surface area contributed by atoms with Crippen LogP contribution in [0.1, 0.15) is 58.3 Å². The molecule has 0 aromatic carbocycles. The number of ketones is 1. The normalized spacial score (nSPS) is 38.7. The van der Waals surface area contributed by atoms with E-state index in [0.29, 0.717) is 30.6 Å². The Morgan fingerprint density at radius 2 is 1.86 bits per heavy atom. The molecule has 3 saturated carbocycles. The van der Waals surface area contributed by atoms with Crippen molar-refractivity contribution < 1.29 is 27.5 Å². The molecule has 0 amide bonds. The molecule has 0 aromatic rings. The van der Waals surface area contributed by atoms with Crippen LogP contribution in [0.15, 0.2) is 11.6 Å². The average molecular weight is 408 g/mol. The number of fused-ring (bicyclic) bond motifs is 5. The maximum Gasteiger partial charge on any atom is 0.457 e. The molecule has 3 nitrogen and oxygen atoms in total. The number of esters is 1. The lowest BCUT2D eigenvalue weighted by Crippen LogP contribution is -2.41. The SMILES string of the molecule is CCC(=O)OC1C[C@H]2[C@@H]3CCC4=CC(=O)CC[C@@H]4[C@H]3CC[C@@H]2[C@@H]1C#CC(F)(F)F. The van der Waals surface area contributed by atoms with Gasteiger partial charge < -0.3 is 4.74 Å². The Hall–Kier alpha value is -1.77. The molecule has 3 fully saturated rings. The molecule has 0 saturated heterocycles. The number of allylic oxidation sites excluding steroid dienone is 1. The smallest absolute Gasteiger partial charge is 0.457 e. The lowest BCUT2D eigenvalue weighted by atomic mass is 9.55. The zero-order valence-electron chi connectivity index (χ0n) is 16.6. The summed E-state index contributed by atoms with van der Waals surface area (Å²) in [5.41, 5.74) is 1.28. The Bertz CT molecular complexity index is 772. The van der Waals surface area contributed by atoms with E-state index in [-0.39, 0.29) is 30.0 Å². The molecule has 29 heavy (non-hydrogen) atoms. The molecule has 0 aromatic heterocycles. The van der Waals surface area contributed by atoms with Crippen molar-refractivity contribution >= 4 is 11.8 Å². The summed E-state index contributed by atoms with van der Waals surface area (Å²) >= 11 is 0. The van der Waals surface area contributed by atoms with Gasteiger partial charge in [0, 0.05) is 18.8 Å². The standard InChI is InChI=1S/C23H27F3O3/c1-2-22(28)29-21-12-20-17-5-3-13-11-14(27)4-6-15(13)16(17)7-8-18(20)19(21)9-10-23(24,25)26/h11,15-21H,2-8,12H2,1H3/t15-,16+,17+,18+,19-,20-,21?/m0/s1. The molecule has 158 valence electrons. The molecule has 4 rings (SSSR count). The first-order valence-corrected chi connectivity index (χ1v) is 10.8. The van der Waals surface area contributed by atoms with E-state index in [4.69, 9.17) is 4.74 Å². The molecular formula is C23H27F3O3.